The van der Waals surface area contributed by atoms with Gasteiger partial charge in [0.05, 0.1) is 5.56 Å². The molecule has 0 amide bonds. The van der Waals surface area contributed by atoms with Crippen LogP contribution in [-0.2, 0) is 6.42 Å². The Hall–Kier alpha value is -1.33. The van der Waals surface area contributed by atoms with Crippen LogP contribution in [0.2, 0.25) is 5.15 Å². The molecule has 0 atom stereocenters. The van der Waals surface area contributed by atoms with Crippen molar-refractivity contribution in [3.63, 3.8) is 0 Å². The van der Waals surface area contributed by atoms with E-state index in [0.29, 0.717) is 12.0 Å². The topological polar surface area (TPSA) is 65.7 Å². The number of benzene rings is 1. The molecule has 0 fully saturated rings. The molecule has 0 spiro atoms. The molecule has 1 aromatic carbocycles. The second-order valence-corrected chi connectivity index (χ2v) is 4.80. The van der Waals surface area contributed by atoms with Gasteiger partial charge in [0, 0.05) is 10.9 Å². The highest BCUT2D eigenvalue weighted by Crippen LogP contribution is 2.16. The fourth-order valence-electron chi connectivity index (χ4n) is 1.49. The van der Waals surface area contributed by atoms with E-state index in [9.17, 15) is 9.59 Å². The fourth-order valence-corrected chi connectivity index (χ4v) is 2.18. The summed E-state index contributed by atoms with van der Waals surface area (Å²) >= 11 is 9.18. The number of aromatic nitrogens is 2. The Morgan fingerprint density at radius 2 is 2.00 bits per heavy atom. The zero-order valence-corrected chi connectivity index (χ0v) is 10.9. The molecule has 2 N–H and O–H groups in total. The number of aromatic amines is 2. The highest BCUT2D eigenvalue weighted by atomic mass is 79.9. The van der Waals surface area contributed by atoms with Crippen LogP contribution in [0.5, 0.6) is 0 Å². The van der Waals surface area contributed by atoms with Crippen molar-refractivity contribution in [2.75, 3.05) is 0 Å². The first-order valence-electron chi connectivity index (χ1n) is 4.81. The van der Waals surface area contributed by atoms with E-state index in [-0.39, 0.29) is 5.15 Å². The minimum atomic E-state index is -0.599. The van der Waals surface area contributed by atoms with Gasteiger partial charge in [-0.15, -0.1) is 0 Å². The Balaban J connectivity index is 2.43. The van der Waals surface area contributed by atoms with Crippen molar-refractivity contribution in [1.29, 1.82) is 0 Å². The lowest BCUT2D eigenvalue weighted by Crippen LogP contribution is -2.25. The minimum Gasteiger partial charge on any atom is -0.297 e. The van der Waals surface area contributed by atoms with E-state index < -0.39 is 11.2 Å². The van der Waals surface area contributed by atoms with Crippen LogP contribution >= 0.6 is 27.5 Å². The Labute approximate surface area is 110 Å². The van der Waals surface area contributed by atoms with Crippen LogP contribution in [0, 0.1) is 0 Å². The van der Waals surface area contributed by atoms with Crippen molar-refractivity contribution < 1.29 is 0 Å². The van der Waals surface area contributed by atoms with E-state index >= 15 is 0 Å². The van der Waals surface area contributed by atoms with Gasteiger partial charge in [0.2, 0.25) is 0 Å². The van der Waals surface area contributed by atoms with Gasteiger partial charge in [-0.3, -0.25) is 14.8 Å². The first-order chi connectivity index (χ1) is 8.06. The summed E-state index contributed by atoms with van der Waals surface area (Å²) in [5, 5.41) is 0.0822. The lowest BCUT2D eigenvalue weighted by Gasteiger charge is -2.03. The summed E-state index contributed by atoms with van der Waals surface area (Å²) in [6.45, 7) is 0. The SMILES string of the molecule is O=c1[nH]c(Cl)c(Cc2cccc(Br)c2)c(=O)[nH]1. The van der Waals surface area contributed by atoms with Crippen molar-refractivity contribution in [3.05, 3.63) is 65.9 Å². The molecular weight excluding hydrogens is 307 g/mol. The standard InChI is InChI=1S/C11H8BrClN2O2/c12-7-3-1-2-6(4-7)5-8-9(13)14-11(17)15-10(8)16/h1-4H,5H2,(H2,14,15,16,17). The van der Waals surface area contributed by atoms with Gasteiger partial charge in [0.1, 0.15) is 5.15 Å². The molecule has 88 valence electrons. The molecule has 1 heterocycles. The van der Waals surface area contributed by atoms with E-state index in [1.165, 1.54) is 0 Å². The number of H-pyrrole nitrogens is 2. The highest BCUT2D eigenvalue weighted by molar-refractivity contribution is 9.10. The van der Waals surface area contributed by atoms with Gasteiger partial charge in [-0.1, -0.05) is 39.7 Å². The van der Waals surface area contributed by atoms with E-state index in [4.69, 9.17) is 11.6 Å². The van der Waals surface area contributed by atoms with Crippen molar-refractivity contribution >= 4 is 27.5 Å². The van der Waals surface area contributed by atoms with Crippen molar-refractivity contribution in [2.24, 2.45) is 0 Å². The van der Waals surface area contributed by atoms with Gasteiger partial charge in [0.15, 0.2) is 0 Å². The maximum absolute atomic E-state index is 11.6. The van der Waals surface area contributed by atoms with Gasteiger partial charge in [-0.25, -0.2) is 4.79 Å². The summed E-state index contributed by atoms with van der Waals surface area (Å²) in [5.41, 5.74) is 0.222. The maximum Gasteiger partial charge on any atom is 0.326 e. The zero-order chi connectivity index (χ0) is 12.4. The van der Waals surface area contributed by atoms with Crippen LogP contribution in [-0.4, -0.2) is 9.97 Å². The molecule has 0 aliphatic rings. The average molecular weight is 316 g/mol. The molecule has 2 rings (SSSR count). The van der Waals surface area contributed by atoms with Gasteiger partial charge in [-0.05, 0) is 17.7 Å². The third-order valence-corrected chi connectivity index (χ3v) is 3.08. The zero-order valence-electron chi connectivity index (χ0n) is 8.59. The highest BCUT2D eigenvalue weighted by Gasteiger charge is 2.08. The van der Waals surface area contributed by atoms with Gasteiger partial charge in [0.25, 0.3) is 5.56 Å². The molecular formula is C11H8BrClN2O2. The minimum absolute atomic E-state index is 0.0822. The van der Waals surface area contributed by atoms with Crippen molar-refractivity contribution in [2.45, 2.75) is 6.42 Å². The number of nitrogens with one attached hydrogen (secondary N) is 2. The smallest absolute Gasteiger partial charge is 0.297 e. The first-order valence-corrected chi connectivity index (χ1v) is 5.99. The summed E-state index contributed by atoms with van der Waals surface area (Å²) in [7, 11) is 0. The molecule has 0 bridgehead atoms. The number of rotatable bonds is 2. The fraction of sp³-hybridized carbons (Fsp3) is 0.0909. The molecule has 0 saturated heterocycles. The third kappa shape index (κ3) is 2.87. The summed E-state index contributed by atoms with van der Waals surface area (Å²) in [5.74, 6) is 0. The monoisotopic (exact) mass is 314 g/mol. The second-order valence-electron chi connectivity index (χ2n) is 3.51. The van der Waals surface area contributed by atoms with E-state index in [1.54, 1.807) is 0 Å². The molecule has 1 aromatic heterocycles. The average Bonchev–Trinajstić information content (AvgIpc) is 2.23. The van der Waals surface area contributed by atoms with Crippen LogP contribution in [0.3, 0.4) is 0 Å². The molecule has 4 nitrogen and oxygen atoms in total. The normalized spacial score (nSPS) is 10.5. The number of hydrogen-bond acceptors (Lipinski definition) is 2. The van der Waals surface area contributed by atoms with Crippen LogP contribution in [0.15, 0.2) is 38.3 Å². The third-order valence-electron chi connectivity index (χ3n) is 2.26. The Bertz CT molecular complexity index is 663. The van der Waals surface area contributed by atoms with Crippen LogP contribution < -0.4 is 11.2 Å². The molecule has 6 heteroatoms. The van der Waals surface area contributed by atoms with Crippen LogP contribution in [0.1, 0.15) is 11.1 Å². The van der Waals surface area contributed by atoms with Gasteiger partial charge < -0.3 is 0 Å². The quantitative estimate of drug-likeness (QED) is 0.833. The van der Waals surface area contributed by atoms with Gasteiger partial charge >= 0.3 is 5.69 Å². The lowest BCUT2D eigenvalue weighted by molar-refractivity contribution is 0.975. The largest absolute Gasteiger partial charge is 0.326 e. The summed E-state index contributed by atoms with van der Waals surface area (Å²) in [4.78, 5) is 27.1. The van der Waals surface area contributed by atoms with Crippen LogP contribution in [0.4, 0.5) is 0 Å². The summed E-state index contributed by atoms with van der Waals surface area (Å²) in [6, 6.07) is 7.53. The molecule has 0 aliphatic heterocycles. The molecule has 0 radical (unpaired) electrons. The molecule has 2 aromatic rings. The van der Waals surface area contributed by atoms with E-state index in [1.807, 2.05) is 24.3 Å². The van der Waals surface area contributed by atoms with Gasteiger partial charge in [-0.2, -0.15) is 0 Å². The van der Waals surface area contributed by atoms with Crippen molar-refractivity contribution in [1.82, 2.24) is 9.97 Å². The predicted octanol–water partition coefficient (Wildman–Crippen LogP) is 2.07. The van der Waals surface area contributed by atoms with Crippen molar-refractivity contribution in [3.8, 4) is 0 Å². The van der Waals surface area contributed by atoms with E-state index in [2.05, 4.69) is 25.9 Å². The second kappa shape index (κ2) is 4.89. The number of hydrogen-bond donors (Lipinski definition) is 2. The van der Waals surface area contributed by atoms with E-state index in [0.717, 1.165) is 10.0 Å². The summed E-state index contributed by atoms with van der Waals surface area (Å²) < 4.78 is 0.923. The Morgan fingerprint density at radius 1 is 1.24 bits per heavy atom. The number of halogens is 2. The first kappa shape index (κ1) is 12.1. The lowest BCUT2D eigenvalue weighted by atomic mass is 10.1. The predicted molar refractivity (Wildman–Crippen MR) is 69.6 cm³/mol. The molecule has 0 aliphatic carbocycles. The molecule has 0 unspecified atom stereocenters. The summed E-state index contributed by atoms with van der Waals surface area (Å²) in [6.07, 6.45) is 0.365. The Kier molecular flexibility index (Phi) is 3.49. The molecule has 17 heavy (non-hydrogen) atoms. The molecule has 0 saturated carbocycles. The Morgan fingerprint density at radius 3 is 2.65 bits per heavy atom. The van der Waals surface area contributed by atoms with Crippen LogP contribution in [0.25, 0.3) is 0 Å². The maximum atomic E-state index is 11.6.